The van der Waals surface area contributed by atoms with Crippen molar-refractivity contribution >= 4 is 0 Å². The smallest absolute Gasteiger partial charge is 0.227 e. The first kappa shape index (κ1) is 18.8. The average molecular weight is 366 g/mol. The molecule has 0 radical (unpaired) electrons. The number of nitrogens with zero attached hydrogens (tertiary/aromatic N) is 2. The molecule has 1 aromatic carbocycles. The third-order valence-corrected chi connectivity index (χ3v) is 6.86. The SMILES string of the molecule is Cc1ccccc1-n1c(C)c(C2CCCC2)[n+](C2CCCC2)c1C(C)(C)C. The Balaban J connectivity index is 2.03. The minimum absolute atomic E-state index is 0.118. The first-order chi connectivity index (χ1) is 12.9. The third-order valence-electron chi connectivity index (χ3n) is 6.86. The summed E-state index contributed by atoms with van der Waals surface area (Å²) in [6.45, 7) is 11.9. The highest BCUT2D eigenvalue weighted by Crippen LogP contribution is 2.40. The minimum atomic E-state index is 0.118. The highest BCUT2D eigenvalue weighted by Gasteiger charge is 2.43. The molecule has 0 saturated heterocycles. The molecule has 2 heteroatoms. The van der Waals surface area contributed by atoms with Crippen molar-refractivity contribution in [1.82, 2.24) is 4.57 Å². The molecule has 2 aromatic rings. The second kappa shape index (κ2) is 7.11. The number of rotatable bonds is 3. The maximum Gasteiger partial charge on any atom is 0.267 e. The molecule has 1 heterocycles. The molecule has 0 unspecified atom stereocenters. The Bertz CT molecular complexity index is 810. The monoisotopic (exact) mass is 365 g/mol. The highest BCUT2D eigenvalue weighted by atomic mass is 15.2. The molecule has 146 valence electrons. The van der Waals surface area contributed by atoms with E-state index in [1.54, 1.807) is 5.69 Å². The molecule has 2 aliphatic rings. The average Bonchev–Trinajstić information content (AvgIpc) is 3.34. The van der Waals surface area contributed by atoms with Gasteiger partial charge in [0, 0.05) is 12.8 Å². The number of benzene rings is 1. The number of aromatic nitrogens is 2. The number of aryl methyl sites for hydroxylation is 1. The number of hydrogen-bond acceptors (Lipinski definition) is 0. The van der Waals surface area contributed by atoms with Crippen molar-refractivity contribution in [2.24, 2.45) is 0 Å². The Morgan fingerprint density at radius 1 is 0.889 bits per heavy atom. The van der Waals surface area contributed by atoms with E-state index in [1.165, 1.54) is 74.1 Å². The molecule has 0 amide bonds. The van der Waals surface area contributed by atoms with Crippen LogP contribution < -0.4 is 4.57 Å². The lowest BCUT2D eigenvalue weighted by molar-refractivity contribution is -0.738. The van der Waals surface area contributed by atoms with Gasteiger partial charge in [0.25, 0.3) is 5.82 Å². The molecular formula is C25H37N2+. The molecule has 0 spiro atoms. The van der Waals surface area contributed by atoms with Crippen molar-refractivity contribution in [2.75, 3.05) is 0 Å². The normalized spacial score (nSPS) is 19.3. The van der Waals surface area contributed by atoms with Crippen molar-refractivity contribution in [3.8, 4) is 5.69 Å². The summed E-state index contributed by atoms with van der Waals surface area (Å²) in [6.07, 6.45) is 11.0. The van der Waals surface area contributed by atoms with Crippen molar-refractivity contribution in [3.63, 3.8) is 0 Å². The predicted octanol–water partition coefficient (Wildman–Crippen LogP) is 6.45. The number of imidazole rings is 1. The van der Waals surface area contributed by atoms with E-state index >= 15 is 0 Å². The van der Waals surface area contributed by atoms with E-state index in [1.807, 2.05) is 0 Å². The van der Waals surface area contributed by atoms with Gasteiger partial charge in [-0.2, -0.15) is 4.57 Å². The van der Waals surface area contributed by atoms with Gasteiger partial charge in [-0.1, -0.05) is 31.0 Å². The zero-order valence-corrected chi connectivity index (χ0v) is 18.0. The fraction of sp³-hybridized carbons (Fsp3) is 0.640. The van der Waals surface area contributed by atoms with E-state index in [2.05, 4.69) is 68.0 Å². The minimum Gasteiger partial charge on any atom is -0.227 e. The van der Waals surface area contributed by atoms with E-state index in [0.717, 1.165) is 5.92 Å². The van der Waals surface area contributed by atoms with Gasteiger partial charge in [0.15, 0.2) is 0 Å². The fourth-order valence-corrected chi connectivity index (χ4v) is 5.70. The molecule has 2 saturated carbocycles. The maximum absolute atomic E-state index is 2.84. The Kier molecular flexibility index (Phi) is 4.94. The second-order valence-corrected chi connectivity index (χ2v) is 9.96. The first-order valence-corrected chi connectivity index (χ1v) is 11.1. The van der Waals surface area contributed by atoms with Crippen LogP contribution >= 0.6 is 0 Å². The summed E-state index contributed by atoms with van der Waals surface area (Å²) in [6, 6.07) is 9.63. The zero-order valence-electron chi connectivity index (χ0n) is 18.0. The molecule has 0 N–H and O–H groups in total. The molecule has 0 atom stereocenters. The van der Waals surface area contributed by atoms with Crippen molar-refractivity contribution < 1.29 is 4.57 Å². The lowest BCUT2D eigenvalue weighted by Gasteiger charge is -2.22. The van der Waals surface area contributed by atoms with Crippen molar-refractivity contribution in [3.05, 3.63) is 47.0 Å². The van der Waals surface area contributed by atoms with E-state index in [-0.39, 0.29) is 5.41 Å². The van der Waals surface area contributed by atoms with Crippen LogP contribution in [0.5, 0.6) is 0 Å². The van der Waals surface area contributed by atoms with Crippen LogP contribution in [0.3, 0.4) is 0 Å². The lowest BCUT2D eigenvalue weighted by Crippen LogP contribution is -2.49. The van der Waals surface area contributed by atoms with Gasteiger partial charge in [0.1, 0.15) is 23.1 Å². The molecule has 1 aromatic heterocycles. The summed E-state index contributed by atoms with van der Waals surface area (Å²) in [5.74, 6) is 2.26. The standard InChI is InChI=1S/C25H37N2/c1-18-12-6-11-17-22(18)26-19(2)23(20-13-7-8-14-20)27(21-15-9-10-16-21)24(26)25(3,4)5/h6,11-12,17,20-21H,7-10,13-16H2,1-5H3/q+1. The topological polar surface area (TPSA) is 8.81 Å². The number of para-hydroxylation sites is 1. The van der Waals surface area contributed by atoms with Crippen LogP contribution in [0.4, 0.5) is 0 Å². The van der Waals surface area contributed by atoms with Crippen LogP contribution in [0.2, 0.25) is 0 Å². The number of hydrogen-bond donors (Lipinski definition) is 0. The van der Waals surface area contributed by atoms with E-state index in [9.17, 15) is 0 Å². The largest absolute Gasteiger partial charge is 0.267 e. The molecular weight excluding hydrogens is 328 g/mol. The second-order valence-electron chi connectivity index (χ2n) is 9.96. The van der Waals surface area contributed by atoms with Crippen LogP contribution in [0.25, 0.3) is 5.69 Å². The summed E-state index contributed by atoms with van der Waals surface area (Å²) in [4.78, 5) is 0. The highest BCUT2D eigenvalue weighted by molar-refractivity contribution is 5.44. The lowest BCUT2D eigenvalue weighted by atomic mass is 9.94. The Morgan fingerprint density at radius 3 is 2.07 bits per heavy atom. The Labute approximate surface area is 165 Å². The van der Waals surface area contributed by atoms with Crippen molar-refractivity contribution in [1.29, 1.82) is 0 Å². The van der Waals surface area contributed by atoms with Gasteiger partial charge >= 0.3 is 0 Å². The van der Waals surface area contributed by atoms with Crippen molar-refractivity contribution in [2.45, 2.75) is 103 Å². The molecule has 0 bridgehead atoms. The van der Waals surface area contributed by atoms with Gasteiger partial charge in [0.05, 0.1) is 5.41 Å². The maximum atomic E-state index is 2.84. The summed E-state index contributed by atoms with van der Waals surface area (Å²) in [5, 5.41) is 0. The summed E-state index contributed by atoms with van der Waals surface area (Å²) < 4.78 is 5.46. The summed E-state index contributed by atoms with van der Waals surface area (Å²) in [5.41, 5.74) is 6.01. The molecule has 27 heavy (non-hydrogen) atoms. The van der Waals surface area contributed by atoms with Gasteiger partial charge in [-0.05, 0) is 77.8 Å². The van der Waals surface area contributed by atoms with E-state index in [0.29, 0.717) is 6.04 Å². The molecule has 2 fully saturated rings. The van der Waals surface area contributed by atoms with Crippen LogP contribution in [-0.4, -0.2) is 4.57 Å². The van der Waals surface area contributed by atoms with Crippen LogP contribution in [0.1, 0.15) is 107 Å². The summed E-state index contributed by atoms with van der Waals surface area (Å²) >= 11 is 0. The summed E-state index contributed by atoms with van der Waals surface area (Å²) in [7, 11) is 0. The van der Waals surface area contributed by atoms with Crippen LogP contribution in [-0.2, 0) is 5.41 Å². The third kappa shape index (κ3) is 3.26. The van der Waals surface area contributed by atoms with Crippen LogP contribution in [0, 0.1) is 13.8 Å². The predicted molar refractivity (Wildman–Crippen MR) is 113 cm³/mol. The van der Waals surface area contributed by atoms with E-state index < -0.39 is 0 Å². The van der Waals surface area contributed by atoms with Gasteiger partial charge < -0.3 is 0 Å². The van der Waals surface area contributed by atoms with Crippen LogP contribution in [0.15, 0.2) is 24.3 Å². The Hall–Kier alpha value is -1.57. The Morgan fingerprint density at radius 2 is 1.48 bits per heavy atom. The molecule has 2 aliphatic carbocycles. The van der Waals surface area contributed by atoms with Gasteiger partial charge in [0.2, 0.25) is 0 Å². The van der Waals surface area contributed by atoms with E-state index in [4.69, 9.17) is 0 Å². The molecule has 0 aliphatic heterocycles. The van der Waals surface area contributed by atoms with Gasteiger partial charge in [-0.15, -0.1) is 0 Å². The first-order valence-electron chi connectivity index (χ1n) is 11.1. The van der Waals surface area contributed by atoms with Gasteiger partial charge in [-0.3, -0.25) is 0 Å². The molecule has 2 nitrogen and oxygen atoms in total. The quantitative estimate of drug-likeness (QED) is 0.553. The van der Waals surface area contributed by atoms with Gasteiger partial charge in [-0.25, -0.2) is 4.57 Å². The zero-order chi connectivity index (χ0) is 19.2. The fourth-order valence-electron chi connectivity index (χ4n) is 5.70. The molecule has 4 rings (SSSR count).